The van der Waals surface area contributed by atoms with Crippen LogP contribution in [0.4, 0.5) is 0 Å². The molecule has 192 valence electrons. The van der Waals surface area contributed by atoms with Gasteiger partial charge in [-0.15, -0.1) is 0 Å². The van der Waals surface area contributed by atoms with Crippen molar-refractivity contribution in [1.82, 2.24) is 0 Å². The molecule has 0 heterocycles. The highest BCUT2D eigenvalue weighted by Gasteiger charge is 2.11. The molecule has 0 spiro atoms. The number of nitrogens with one attached hydrogen (secondary N) is 4. The van der Waals surface area contributed by atoms with Gasteiger partial charge in [0.25, 0.3) is 0 Å². The molecule has 0 saturated carbocycles. The Morgan fingerprint density at radius 1 is 0.594 bits per heavy atom. The molecule has 0 unspecified atom stereocenters. The predicted molar refractivity (Wildman–Crippen MR) is 143 cm³/mol. The lowest BCUT2D eigenvalue weighted by atomic mass is 9.90. The van der Waals surface area contributed by atoms with Crippen LogP contribution in [0.1, 0.15) is 110 Å². The highest BCUT2D eigenvalue weighted by molar-refractivity contribution is 5.79. The van der Waals surface area contributed by atoms with Crippen LogP contribution in [0.15, 0.2) is 0 Å². The number of hydrogen-bond donors (Lipinski definition) is 8. The van der Waals surface area contributed by atoms with Gasteiger partial charge in [-0.1, -0.05) is 41.5 Å². The minimum absolute atomic E-state index is 0.0150. The summed E-state index contributed by atoms with van der Waals surface area (Å²) in [5.41, 5.74) is 22.2. The lowest BCUT2D eigenvalue weighted by Crippen LogP contribution is -2.87. The van der Waals surface area contributed by atoms with E-state index in [9.17, 15) is 0 Å². The Balaban J connectivity index is -0.000000163. The van der Waals surface area contributed by atoms with Crippen LogP contribution in [0.5, 0.6) is 0 Å². The lowest BCUT2D eigenvalue weighted by Gasteiger charge is -2.16. The molecule has 0 radical (unpaired) electrons. The maximum atomic E-state index is 7.15. The predicted octanol–water partition coefficient (Wildman–Crippen LogP) is 1.20. The van der Waals surface area contributed by atoms with Crippen molar-refractivity contribution in [3.63, 3.8) is 0 Å². The monoisotopic (exact) mass is 458 g/mol. The second-order valence-electron chi connectivity index (χ2n) is 12.7. The van der Waals surface area contributed by atoms with Crippen LogP contribution < -0.4 is 32.9 Å². The fourth-order valence-electron chi connectivity index (χ4n) is 2.39. The second kappa shape index (κ2) is 15.6. The van der Waals surface area contributed by atoms with Gasteiger partial charge in [-0.05, 0) is 65.7 Å². The van der Waals surface area contributed by atoms with Crippen molar-refractivity contribution in [3.05, 3.63) is 0 Å². The minimum atomic E-state index is -0.0150. The molecule has 8 nitrogen and oxygen atoms in total. The van der Waals surface area contributed by atoms with Crippen molar-refractivity contribution in [2.24, 2.45) is 33.8 Å². The van der Waals surface area contributed by atoms with Gasteiger partial charge in [0, 0.05) is 19.1 Å². The molecule has 0 bridgehead atoms. The standard InChI is InChI=1S/C7H15N.2C6H14N2.C5H13N3/c1-6(8)5-7(2,3)4;1-6(2,3)4-5(7)8;1-5(7)8-6(2,3)4;1-5(2,3)8-4(6)7/h8H,5H2,1-4H3;4H2,1-3H3,(H3,7,8);1-4H3,(H2,7,8);1-3H3,(H4,6,7,8)/p+2. The van der Waals surface area contributed by atoms with E-state index in [1.54, 1.807) is 0 Å². The number of guanidine groups is 1. The number of amidine groups is 2. The Morgan fingerprint density at radius 3 is 0.906 bits per heavy atom. The molecule has 0 aliphatic heterocycles. The summed E-state index contributed by atoms with van der Waals surface area (Å²) >= 11 is 0. The van der Waals surface area contributed by atoms with Gasteiger partial charge < -0.3 is 11.1 Å². The summed E-state index contributed by atoms with van der Waals surface area (Å²) in [6.45, 7) is 28.5. The zero-order chi connectivity index (χ0) is 27.1. The molecule has 0 aliphatic carbocycles. The van der Waals surface area contributed by atoms with Crippen LogP contribution in [-0.2, 0) is 0 Å². The summed E-state index contributed by atoms with van der Waals surface area (Å²) < 4.78 is 0. The number of hydrogen-bond acceptors (Lipinski definition) is 2. The van der Waals surface area contributed by atoms with Gasteiger partial charge in [0.2, 0.25) is 5.84 Å². The summed E-state index contributed by atoms with van der Waals surface area (Å²) in [7, 11) is 0. The fraction of sp³-hybridized carbons (Fsp3) is 0.833. The van der Waals surface area contributed by atoms with Crippen LogP contribution >= 0.6 is 0 Å². The van der Waals surface area contributed by atoms with Crippen molar-refractivity contribution >= 4 is 23.3 Å². The zero-order valence-corrected chi connectivity index (χ0v) is 23.7. The summed E-state index contributed by atoms with van der Waals surface area (Å²) in [6, 6.07) is 0. The lowest BCUT2D eigenvalue weighted by molar-refractivity contribution is -0.540. The SMILES string of the molecule is CC(=N)CC(C)(C)C.CC(C)(C)CC(=N)N.CC(C)(C)[NH+]=C(N)N.CC(N)=[NH+]C(C)(C)C. The van der Waals surface area contributed by atoms with Crippen molar-refractivity contribution in [3.8, 4) is 0 Å². The van der Waals surface area contributed by atoms with Gasteiger partial charge in [-0.2, -0.15) is 0 Å². The summed E-state index contributed by atoms with van der Waals surface area (Å²) in [5, 5.41) is 14.1. The molecular weight excluding hydrogens is 400 g/mol. The van der Waals surface area contributed by atoms with E-state index in [4.69, 9.17) is 33.8 Å². The van der Waals surface area contributed by atoms with Gasteiger partial charge in [0.1, 0.15) is 0 Å². The number of nitrogens with two attached hydrogens (primary N) is 4. The molecule has 0 aliphatic rings. The van der Waals surface area contributed by atoms with Crippen LogP contribution in [0.2, 0.25) is 0 Å². The van der Waals surface area contributed by atoms with Crippen LogP contribution in [-0.4, -0.2) is 34.4 Å². The Morgan fingerprint density at radius 2 is 0.906 bits per heavy atom. The van der Waals surface area contributed by atoms with Crippen molar-refractivity contribution in [2.45, 2.75) is 121 Å². The van der Waals surface area contributed by atoms with E-state index >= 15 is 0 Å². The second-order valence-corrected chi connectivity index (χ2v) is 12.7. The highest BCUT2D eigenvalue weighted by Crippen LogP contribution is 2.18. The van der Waals surface area contributed by atoms with Crippen LogP contribution in [0.25, 0.3) is 0 Å². The van der Waals surface area contributed by atoms with Crippen LogP contribution in [0, 0.1) is 21.6 Å². The molecule has 0 aromatic carbocycles. The molecule has 0 rings (SSSR count). The Hall–Kier alpha value is -2.12. The molecule has 32 heavy (non-hydrogen) atoms. The number of rotatable bonds is 2. The minimum Gasteiger partial charge on any atom is -0.388 e. The molecule has 0 atom stereocenters. The zero-order valence-electron chi connectivity index (χ0n) is 23.7. The van der Waals surface area contributed by atoms with Gasteiger partial charge >= 0.3 is 5.96 Å². The first-order valence-corrected chi connectivity index (χ1v) is 11.1. The average molecular weight is 459 g/mol. The molecule has 12 N–H and O–H groups in total. The normalized spacial score (nSPS) is 12.0. The van der Waals surface area contributed by atoms with Gasteiger partial charge in [0.05, 0.1) is 16.9 Å². The van der Waals surface area contributed by atoms with Crippen molar-refractivity contribution in [2.75, 3.05) is 0 Å². The van der Waals surface area contributed by atoms with Gasteiger partial charge in [-0.3, -0.25) is 32.6 Å². The first-order valence-electron chi connectivity index (χ1n) is 11.1. The Labute approximate surface area is 199 Å². The molecule has 8 heteroatoms. The van der Waals surface area contributed by atoms with E-state index in [1.807, 2.05) is 34.6 Å². The van der Waals surface area contributed by atoms with E-state index in [0.717, 1.165) is 18.0 Å². The van der Waals surface area contributed by atoms with Crippen molar-refractivity contribution < 1.29 is 9.98 Å². The first-order chi connectivity index (χ1) is 13.7. The molecule has 0 amide bonds. The third-order valence-electron chi connectivity index (χ3n) is 2.61. The topological polar surface area (TPSA) is 180 Å². The van der Waals surface area contributed by atoms with Crippen molar-refractivity contribution in [1.29, 1.82) is 10.8 Å². The maximum absolute atomic E-state index is 7.15. The smallest absolute Gasteiger partial charge is 0.339 e. The maximum Gasteiger partial charge on any atom is 0.339 e. The first kappa shape index (κ1) is 37.2. The molecule has 0 fully saturated rings. The summed E-state index contributed by atoms with van der Waals surface area (Å²) in [6.07, 6.45) is 1.60. The third kappa shape index (κ3) is 63.0. The molecule has 0 saturated heterocycles. The summed E-state index contributed by atoms with van der Waals surface area (Å²) in [5.74, 6) is 1.33. The largest absolute Gasteiger partial charge is 0.388 e. The van der Waals surface area contributed by atoms with E-state index in [2.05, 4.69) is 72.3 Å². The van der Waals surface area contributed by atoms with E-state index in [-0.39, 0.29) is 28.3 Å². The molecule has 0 aromatic rings. The fourth-order valence-corrected chi connectivity index (χ4v) is 2.39. The summed E-state index contributed by atoms with van der Waals surface area (Å²) in [4.78, 5) is 5.93. The average Bonchev–Trinajstić information content (AvgIpc) is 2.26. The third-order valence-corrected chi connectivity index (χ3v) is 2.61. The van der Waals surface area contributed by atoms with Crippen LogP contribution in [0.3, 0.4) is 0 Å². The Bertz CT molecular complexity index is 527. The van der Waals surface area contributed by atoms with E-state index in [1.165, 1.54) is 0 Å². The molecular formula is C24H58N8+2. The quantitative estimate of drug-likeness (QED) is 0.229. The highest BCUT2D eigenvalue weighted by atomic mass is 15.0. The van der Waals surface area contributed by atoms with E-state index < -0.39 is 0 Å². The van der Waals surface area contributed by atoms with Gasteiger partial charge in [0.15, 0.2) is 0 Å². The van der Waals surface area contributed by atoms with E-state index in [0.29, 0.717) is 11.8 Å². The van der Waals surface area contributed by atoms with Gasteiger partial charge in [-0.25, -0.2) is 0 Å². The molecule has 0 aromatic heterocycles. The Kier molecular flexibility index (Phi) is 18.2.